The van der Waals surface area contributed by atoms with E-state index in [1.165, 1.54) is 6.92 Å². The van der Waals surface area contributed by atoms with Crippen molar-refractivity contribution in [1.29, 1.82) is 0 Å². The largest absolute Gasteiger partial charge is 0.493 e. The van der Waals surface area contributed by atoms with Gasteiger partial charge in [-0.15, -0.1) is 0 Å². The molecule has 0 heterocycles. The molecule has 0 aliphatic carbocycles. The van der Waals surface area contributed by atoms with Crippen LogP contribution < -0.4 is 10.1 Å². The minimum Gasteiger partial charge on any atom is -0.493 e. The van der Waals surface area contributed by atoms with Crippen molar-refractivity contribution in [2.75, 3.05) is 13.2 Å². The van der Waals surface area contributed by atoms with Crippen molar-refractivity contribution in [2.24, 2.45) is 0 Å². The number of aliphatic carboxylic acids is 1. The lowest BCUT2D eigenvalue weighted by molar-refractivity contribution is -0.142. The van der Waals surface area contributed by atoms with Crippen LogP contribution in [0.4, 0.5) is 0 Å². The Morgan fingerprint density at radius 1 is 1.29 bits per heavy atom. The number of carboxylic acid groups (broad SMARTS) is 1. The molecule has 0 radical (unpaired) electrons. The third-order valence-corrected chi connectivity index (χ3v) is 2.82. The van der Waals surface area contributed by atoms with E-state index in [9.17, 15) is 14.7 Å². The summed E-state index contributed by atoms with van der Waals surface area (Å²) in [6.45, 7) is 3.45. The molecule has 1 atom stereocenters. The first-order chi connectivity index (χ1) is 9.78. The summed E-state index contributed by atoms with van der Waals surface area (Å²) < 4.78 is 5.41. The molecule has 6 nitrogen and oxygen atoms in total. The van der Waals surface area contributed by atoms with Crippen LogP contribution in [-0.2, 0) is 9.59 Å². The van der Waals surface area contributed by atoms with E-state index in [0.29, 0.717) is 5.75 Å². The average Bonchev–Trinajstić information content (AvgIpc) is 2.37. The highest BCUT2D eigenvalue weighted by molar-refractivity contribution is 5.76. The van der Waals surface area contributed by atoms with Gasteiger partial charge in [0.25, 0.3) is 0 Å². The lowest BCUT2D eigenvalue weighted by atomic mass is 10.0. The maximum absolute atomic E-state index is 11.6. The normalized spacial score (nSPS) is 13.3. The summed E-state index contributed by atoms with van der Waals surface area (Å²) >= 11 is 0. The molecule has 0 aliphatic heterocycles. The summed E-state index contributed by atoms with van der Waals surface area (Å²) in [4.78, 5) is 22.1. The van der Waals surface area contributed by atoms with Crippen molar-refractivity contribution in [3.05, 3.63) is 29.8 Å². The lowest BCUT2D eigenvalue weighted by Crippen LogP contribution is -2.42. The Bertz CT molecular complexity index is 481. The van der Waals surface area contributed by atoms with Crippen LogP contribution in [0.25, 0.3) is 0 Å². The highest BCUT2D eigenvalue weighted by Gasteiger charge is 2.24. The highest BCUT2D eigenvalue weighted by atomic mass is 16.5. The van der Waals surface area contributed by atoms with Gasteiger partial charge in [-0.2, -0.15) is 0 Å². The first-order valence-electron chi connectivity index (χ1n) is 6.69. The van der Waals surface area contributed by atoms with Crippen molar-refractivity contribution >= 4 is 11.9 Å². The van der Waals surface area contributed by atoms with Crippen LogP contribution in [-0.4, -0.2) is 40.8 Å². The van der Waals surface area contributed by atoms with Gasteiger partial charge < -0.3 is 20.3 Å². The van der Waals surface area contributed by atoms with Crippen LogP contribution in [0.15, 0.2) is 24.3 Å². The third-order valence-electron chi connectivity index (χ3n) is 2.82. The number of benzene rings is 1. The summed E-state index contributed by atoms with van der Waals surface area (Å²) in [5, 5.41) is 20.8. The van der Waals surface area contributed by atoms with E-state index >= 15 is 0 Å². The fourth-order valence-corrected chi connectivity index (χ4v) is 1.66. The summed E-state index contributed by atoms with van der Waals surface area (Å²) in [6.07, 6.45) is -0.288. The molecule has 0 fully saturated rings. The molecule has 1 unspecified atom stereocenters. The molecule has 0 aromatic heterocycles. The van der Waals surface area contributed by atoms with Gasteiger partial charge >= 0.3 is 5.97 Å². The van der Waals surface area contributed by atoms with Gasteiger partial charge in [0.05, 0.1) is 25.0 Å². The van der Waals surface area contributed by atoms with Crippen LogP contribution >= 0.6 is 0 Å². The predicted octanol–water partition coefficient (Wildman–Crippen LogP) is 1.11. The zero-order chi connectivity index (χ0) is 15.9. The zero-order valence-electron chi connectivity index (χ0n) is 12.3. The fraction of sp³-hybridized carbons (Fsp3) is 0.467. The smallest absolute Gasteiger partial charge is 0.306 e. The molecule has 0 bridgehead atoms. The van der Waals surface area contributed by atoms with Crippen LogP contribution in [0.3, 0.4) is 0 Å². The molecule has 3 N–H and O–H groups in total. The molecule has 0 saturated carbocycles. The summed E-state index contributed by atoms with van der Waals surface area (Å²) in [5.74, 6) is -0.726. The van der Waals surface area contributed by atoms with E-state index < -0.39 is 18.0 Å². The summed E-state index contributed by atoms with van der Waals surface area (Å²) in [6, 6.07) is 7.48. The molecule has 1 amide bonds. The van der Waals surface area contributed by atoms with E-state index in [0.717, 1.165) is 5.56 Å². The molecule has 0 saturated heterocycles. The van der Waals surface area contributed by atoms with Crippen molar-refractivity contribution in [1.82, 2.24) is 5.32 Å². The number of aryl methyl sites for hydroxylation is 1. The van der Waals surface area contributed by atoms with Gasteiger partial charge in [-0.1, -0.05) is 17.7 Å². The first-order valence-corrected chi connectivity index (χ1v) is 6.69. The molecule has 0 aliphatic rings. The number of nitrogens with one attached hydrogen (secondary N) is 1. The van der Waals surface area contributed by atoms with E-state index in [1.807, 2.05) is 31.2 Å². The predicted molar refractivity (Wildman–Crippen MR) is 77.2 cm³/mol. The molecular formula is C15H21NO5. The zero-order valence-corrected chi connectivity index (χ0v) is 12.3. The first kappa shape index (κ1) is 17.0. The van der Waals surface area contributed by atoms with E-state index in [-0.39, 0.29) is 25.5 Å². The van der Waals surface area contributed by atoms with Gasteiger partial charge in [0.15, 0.2) is 0 Å². The second-order valence-corrected chi connectivity index (χ2v) is 5.26. The second-order valence-electron chi connectivity index (χ2n) is 5.26. The Labute approximate surface area is 123 Å². The molecule has 6 heteroatoms. The number of ether oxygens (including phenoxy) is 1. The highest BCUT2D eigenvalue weighted by Crippen LogP contribution is 2.11. The number of carboxylic acids is 1. The van der Waals surface area contributed by atoms with Crippen molar-refractivity contribution in [3.63, 3.8) is 0 Å². The lowest BCUT2D eigenvalue weighted by Gasteiger charge is -2.21. The van der Waals surface area contributed by atoms with Crippen LogP contribution in [0, 0.1) is 6.92 Å². The van der Waals surface area contributed by atoms with Crippen molar-refractivity contribution < 1.29 is 24.5 Å². The Morgan fingerprint density at radius 3 is 2.48 bits per heavy atom. The second kappa shape index (κ2) is 7.64. The molecule has 116 valence electrons. The van der Waals surface area contributed by atoms with Gasteiger partial charge in [0.1, 0.15) is 5.75 Å². The van der Waals surface area contributed by atoms with E-state index in [2.05, 4.69) is 5.32 Å². The maximum atomic E-state index is 11.6. The monoisotopic (exact) mass is 295 g/mol. The fourth-order valence-electron chi connectivity index (χ4n) is 1.66. The molecule has 1 rings (SSSR count). The van der Waals surface area contributed by atoms with E-state index in [4.69, 9.17) is 9.84 Å². The van der Waals surface area contributed by atoms with Gasteiger partial charge in [-0.25, -0.2) is 0 Å². The van der Waals surface area contributed by atoms with Gasteiger partial charge in [0.2, 0.25) is 5.91 Å². The summed E-state index contributed by atoms with van der Waals surface area (Å²) in [7, 11) is 0. The molecular weight excluding hydrogens is 274 g/mol. The van der Waals surface area contributed by atoms with Crippen LogP contribution in [0.1, 0.15) is 25.3 Å². The number of hydrogen-bond donors (Lipinski definition) is 3. The quantitative estimate of drug-likeness (QED) is 0.667. The molecule has 21 heavy (non-hydrogen) atoms. The van der Waals surface area contributed by atoms with Gasteiger partial charge in [0, 0.05) is 6.54 Å². The number of hydrogen-bond acceptors (Lipinski definition) is 4. The Hall–Kier alpha value is -2.08. The molecule has 0 spiro atoms. The number of amides is 1. The minimum atomic E-state index is -1.46. The van der Waals surface area contributed by atoms with E-state index in [1.54, 1.807) is 0 Å². The Balaban J connectivity index is 2.25. The molecule has 1 aromatic carbocycles. The molecule has 1 aromatic rings. The maximum Gasteiger partial charge on any atom is 0.306 e. The Kier molecular flexibility index (Phi) is 6.17. The number of rotatable bonds is 8. The summed E-state index contributed by atoms with van der Waals surface area (Å²) in [5.41, 5.74) is -0.333. The van der Waals surface area contributed by atoms with Crippen molar-refractivity contribution in [3.8, 4) is 5.75 Å². The average molecular weight is 295 g/mol. The number of carbonyl (C=O) groups excluding carboxylic acids is 1. The van der Waals surface area contributed by atoms with Crippen molar-refractivity contribution in [2.45, 2.75) is 32.3 Å². The van der Waals surface area contributed by atoms with Crippen LogP contribution in [0.5, 0.6) is 5.75 Å². The van der Waals surface area contributed by atoms with Crippen LogP contribution in [0.2, 0.25) is 0 Å². The number of aliphatic hydroxyl groups is 1. The minimum absolute atomic E-state index is 0.108. The topological polar surface area (TPSA) is 95.9 Å². The van der Waals surface area contributed by atoms with Gasteiger partial charge in [-0.05, 0) is 26.0 Å². The third kappa shape index (κ3) is 7.31. The number of carbonyl (C=O) groups is 2. The van der Waals surface area contributed by atoms with Gasteiger partial charge in [-0.3, -0.25) is 9.59 Å². The standard InChI is InChI=1S/C15H21NO5/c1-11-3-5-12(6-4-11)21-8-7-13(17)16-10-15(2,20)9-14(18)19/h3-6,20H,7-10H2,1-2H3,(H,16,17)(H,18,19). The SMILES string of the molecule is Cc1ccc(OCCC(=O)NCC(C)(O)CC(=O)O)cc1. The Morgan fingerprint density at radius 2 is 1.90 bits per heavy atom.